The van der Waals surface area contributed by atoms with Crippen molar-refractivity contribution in [2.75, 3.05) is 20.5 Å². The smallest absolute Gasteiger partial charge is 0.331 e. The first-order chi connectivity index (χ1) is 14.1. The molecule has 2 aromatic rings. The fourth-order valence-electron chi connectivity index (χ4n) is 2.84. The molecule has 0 fully saturated rings. The molecule has 1 aliphatic rings. The van der Waals surface area contributed by atoms with Crippen LogP contribution in [0.15, 0.2) is 36.4 Å². The van der Waals surface area contributed by atoms with Crippen LogP contribution in [-0.4, -0.2) is 26.5 Å². The Labute approximate surface area is 174 Å². The zero-order chi connectivity index (χ0) is 20.6. The van der Waals surface area contributed by atoms with Crippen LogP contribution in [0, 0.1) is 0 Å². The topological polar surface area (TPSA) is 63.2 Å². The summed E-state index contributed by atoms with van der Waals surface area (Å²) >= 11 is 6.12. The molecule has 0 bridgehead atoms. The van der Waals surface area contributed by atoms with Gasteiger partial charge in [0.2, 0.25) is 0 Å². The number of carbonyl (C=O) groups excluding carboxylic acids is 1. The minimum atomic E-state index is -0.476. The van der Waals surface area contributed by atoms with Crippen LogP contribution in [0.3, 0.4) is 0 Å². The number of ether oxygens (including phenoxy) is 5. The first-order valence-electron chi connectivity index (χ1n) is 9.28. The molecule has 0 aliphatic carbocycles. The molecule has 7 heteroatoms. The maximum absolute atomic E-state index is 12.1. The number of esters is 1. The molecule has 0 aromatic heterocycles. The molecule has 0 saturated heterocycles. The van der Waals surface area contributed by atoms with Gasteiger partial charge in [0.1, 0.15) is 12.4 Å². The fourth-order valence-corrected chi connectivity index (χ4v) is 3.11. The van der Waals surface area contributed by atoms with E-state index in [1.54, 1.807) is 31.4 Å². The number of rotatable bonds is 8. The normalized spacial score (nSPS) is 12.9. The summed E-state index contributed by atoms with van der Waals surface area (Å²) in [6, 6.07) is 8.97. The Morgan fingerprint density at radius 1 is 1.24 bits per heavy atom. The lowest BCUT2D eigenvalue weighted by molar-refractivity contribution is -0.139. The van der Waals surface area contributed by atoms with Crippen LogP contribution < -0.4 is 14.2 Å². The molecule has 0 N–H and O–H groups in total. The highest BCUT2D eigenvalue weighted by molar-refractivity contribution is 6.30. The molecule has 0 amide bonds. The minimum Gasteiger partial charge on any atom is -0.493 e. The predicted molar refractivity (Wildman–Crippen MR) is 109 cm³/mol. The largest absolute Gasteiger partial charge is 0.493 e. The van der Waals surface area contributed by atoms with Crippen LogP contribution in [0.4, 0.5) is 0 Å². The van der Waals surface area contributed by atoms with E-state index in [0.717, 1.165) is 17.5 Å². The summed E-state index contributed by atoms with van der Waals surface area (Å²) in [5.74, 6) is 1.46. The van der Waals surface area contributed by atoms with Gasteiger partial charge in [0, 0.05) is 22.2 Å². The molecule has 2 aromatic carbocycles. The number of hydrogen-bond donors (Lipinski definition) is 0. The highest BCUT2D eigenvalue weighted by atomic mass is 35.5. The van der Waals surface area contributed by atoms with E-state index in [0.29, 0.717) is 41.0 Å². The molecule has 29 heavy (non-hydrogen) atoms. The number of hydrogen-bond acceptors (Lipinski definition) is 6. The van der Waals surface area contributed by atoms with Gasteiger partial charge in [-0.15, -0.1) is 0 Å². The number of fused-ring (bicyclic) bond motifs is 1. The molecule has 0 saturated carbocycles. The van der Waals surface area contributed by atoms with Gasteiger partial charge in [0.05, 0.1) is 20.3 Å². The van der Waals surface area contributed by atoms with Gasteiger partial charge in [-0.3, -0.25) is 0 Å². The Hall–Kier alpha value is -2.70. The zero-order valence-corrected chi connectivity index (χ0v) is 17.2. The van der Waals surface area contributed by atoms with Crippen LogP contribution in [0.2, 0.25) is 5.02 Å². The Balaban J connectivity index is 1.63. The van der Waals surface area contributed by atoms with Gasteiger partial charge in [0.15, 0.2) is 18.3 Å². The monoisotopic (exact) mass is 418 g/mol. The van der Waals surface area contributed by atoms with Crippen molar-refractivity contribution in [1.29, 1.82) is 0 Å². The molecule has 3 rings (SSSR count). The first-order valence-corrected chi connectivity index (χ1v) is 9.66. The molecule has 0 atom stereocenters. The second-order valence-electron chi connectivity index (χ2n) is 6.36. The highest BCUT2D eigenvalue weighted by Gasteiger charge is 2.17. The van der Waals surface area contributed by atoms with E-state index in [1.807, 2.05) is 19.1 Å². The lowest BCUT2D eigenvalue weighted by Gasteiger charge is -2.20. The van der Waals surface area contributed by atoms with E-state index in [9.17, 15) is 4.79 Å². The molecule has 1 heterocycles. The number of methoxy groups -OCH3 is 1. The fraction of sp³-hybridized carbons (Fsp3) is 0.318. The average molecular weight is 419 g/mol. The summed E-state index contributed by atoms with van der Waals surface area (Å²) < 4.78 is 27.1. The van der Waals surface area contributed by atoms with Crippen molar-refractivity contribution in [3.8, 4) is 17.2 Å². The Morgan fingerprint density at radius 3 is 2.90 bits per heavy atom. The maximum Gasteiger partial charge on any atom is 0.331 e. The third kappa shape index (κ3) is 5.65. The quantitative estimate of drug-likeness (QED) is 0.455. The molecular weight excluding hydrogens is 396 g/mol. The second kappa shape index (κ2) is 10.2. The summed E-state index contributed by atoms with van der Waals surface area (Å²) in [5, 5.41) is 0.539. The van der Waals surface area contributed by atoms with E-state index in [1.165, 1.54) is 6.08 Å². The molecule has 6 nitrogen and oxygen atoms in total. The summed E-state index contributed by atoms with van der Waals surface area (Å²) in [4.78, 5) is 12.1. The number of halogens is 1. The zero-order valence-electron chi connectivity index (χ0n) is 16.4. The summed E-state index contributed by atoms with van der Waals surface area (Å²) in [5.41, 5.74) is 2.34. The van der Waals surface area contributed by atoms with Crippen molar-refractivity contribution in [3.05, 3.63) is 58.1 Å². The van der Waals surface area contributed by atoms with E-state index in [-0.39, 0.29) is 13.4 Å². The van der Waals surface area contributed by atoms with Crippen molar-refractivity contribution in [2.24, 2.45) is 0 Å². The molecule has 0 unspecified atom stereocenters. The standard InChI is InChI=1S/C22H23ClO6/c1-3-8-27-19-6-4-15(9-20(19)25-2)5-7-21(24)28-13-17-11-18(23)10-16-12-26-14-29-22(16)17/h4-7,9-11H,3,8,12-14H2,1-2H3/b7-5+. The Kier molecular flexibility index (Phi) is 7.38. The lowest BCUT2D eigenvalue weighted by Crippen LogP contribution is -2.14. The van der Waals surface area contributed by atoms with Gasteiger partial charge in [-0.05, 0) is 42.3 Å². The number of benzene rings is 2. The van der Waals surface area contributed by atoms with Gasteiger partial charge < -0.3 is 23.7 Å². The van der Waals surface area contributed by atoms with E-state index in [4.69, 9.17) is 35.3 Å². The summed E-state index contributed by atoms with van der Waals surface area (Å²) in [7, 11) is 1.58. The highest BCUT2D eigenvalue weighted by Crippen LogP contribution is 2.32. The summed E-state index contributed by atoms with van der Waals surface area (Å²) in [6.07, 6.45) is 3.93. The van der Waals surface area contributed by atoms with E-state index < -0.39 is 5.97 Å². The Morgan fingerprint density at radius 2 is 2.10 bits per heavy atom. The van der Waals surface area contributed by atoms with Crippen LogP contribution >= 0.6 is 11.6 Å². The van der Waals surface area contributed by atoms with Crippen LogP contribution in [0.1, 0.15) is 30.0 Å². The van der Waals surface area contributed by atoms with Gasteiger partial charge in [-0.2, -0.15) is 0 Å². The third-order valence-corrected chi connectivity index (χ3v) is 4.40. The van der Waals surface area contributed by atoms with Crippen LogP contribution in [0.25, 0.3) is 6.08 Å². The molecule has 1 aliphatic heterocycles. The van der Waals surface area contributed by atoms with Crippen molar-refractivity contribution in [2.45, 2.75) is 26.6 Å². The summed E-state index contributed by atoms with van der Waals surface area (Å²) in [6.45, 7) is 3.28. The van der Waals surface area contributed by atoms with Crippen molar-refractivity contribution in [1.82, 2.24) is 0 Å². The van der Waals surface area contributed by atoms with Crippen LogP contribution in [-0.2, 0) is 27.5 Å². The van der Waals surface area contributed by atoms with E-state index in [2.05, 4.69) is 0 Å². The average Bonchev–Trinajstić information content (AvgIpc) is 2.74. The third-order valence-electron chi connectivity index (χ3n) is 4.18. The first kappa shape index (κ1) is 21.0. The van der Waals surface area contributed by atoms with Gasteiger partial charge >= 0.3 is 5.97 Å². The van der Waals surface area contributed by atoms with Crippen molar-refractivity contribution in [3.63, 3.8) is 0 Å². The van der Waals surface area contributed by atoms with E-state index >= 15 is 0 Å². The van der Waals surface area contributed by atoms with Crippen LogP contribution in [0.5, 0.6) is 17.2 Å². The van der Waals surface area contributed by atoms with Crippen molar-refractivity contribution >= 4 is 23.6 Å². The van der Waals surface area contributed by atoms with Gasteiger partial charge in [0.25, 0.3) is 0 Å². The molecule has 0 spiro atoms. The molecule has 0 radical (unpaired) electrons. The number of carbonyl (C=O) groups is 1. The SMILES string of the molecule is CCCOc1ccc(/C=C/C(=O)OCc2cc(Cl)cc3c2OCOC3)cc1OC. The second-order valence-corrected chi connectivity index (χ2v) is 6.80. The molecule has 154 valence electrons. The Bertz CT molecular complexity index is 893. The lowest BCUT2D eigenvalue weighted by atomic mass is 10.1. The predicted octanol–water partition coefficient (Wildman–Crippen LogP) is 4.76. The van der Waals surface area contributed by atoms with Gasteiger partial charge in [-0.1, -0.05) is 24.6 Å². The van der Waals surface area contributed by atoms with Crippen molar-refractivity contribution < 1.29 is 28.5 Å². The minimum absolute atomic E-state index is 0.0547. The maximum atomic E-state index is 12.1. The molecular formula is C22H23ClO6. The van der Waals surface area contributed by atoms with Gasteiger partial charge in [-0.25, -0.2) is 4.79 Å².